The van der Waals surface area contributed by atoms with E-state index in [1.54, 1.807) is 6.92 Å². The summed E-state index contributed by atoms with van der Waals surface area (Å²) in [5.41, 5.74) is 0. The van der Waals surface area contributed by atoms with Crippen LogP contribution in [0, 0.1) is 17.8 Å². The summed E-state index contributed by atoms with van der Waals surface area (Å²) in [6, 6.07) is 0. The first-order valence-electron chi connectivity index (χ1n) is 6.05. The topological polar surface area (TPSA) is 34.1 Å². The molecule has 0 N–H and O–H groups in total. The molecule has 0 aliphatic heterocycles. The molecule has 0 amide bonds. The number of ketones is 2. The molecule has 1 saturated carbocycles. The summed E-state index contributed by atoms with van der Waals surface area (Å²) in [7, 11) is 0. The first kappa shape index (κ1) is 12.4. The van der Waals surface area contributed by atoms with Gasteiger partial charge in [0, 0.05) is 18.3 Å². The van der Waals surface area contributed by atoms with Gasteiger partial charge in [0.2, 0.25) is 0 Å². The minimum absolute atomic E-state index is 0.00463. The number of rotatable bonds is 5. The molecule has 86 valence electrons. The molecule has 0 aromatic heterocycles. The van der Waals surface area contributed by atoms with Gasteiger partial charge >= 0.3 is 0 Å². The van der Waals surface area contributed by atoms with Crippen molar-refractivity contribution in [3.63, 3.8) is 0 Å². The second-order valence-corrected chi connectivity index (χ2v) is 5.11. The second-order valence-electron chi connectivity index (χ2n) is 5.11. The molecule has 0 aromatic carbocycles. The Morgan fingerprint density at radius 1 is 1.20 bits per heavy atom. The highest BCUT2D eigenvalue weighted by Gasteiger charge is 2.32. The van der Waals surface area contributed by atoms with Crippen LogP contribution in [0.3, 0.4) is 0 Å². The maximum Gasteiger partial charge on any atom is 0.139 e. The van der Waals surface area contributed by atoms with E-state index in [4.69, 9.17) is 0 Å². The molecule has 1 aliphatic carbocycles. The highest BCUT2D eigenvalue weighted by molar-refractivity contribution is 5.88. The molecular formula is C13H22O2. The number of carbonyl (C=O) groups is 2. The summed E-state index contributed by atoms with van der Waals surface area (Å²) >= 11 is 0. The highest BCUT2D eigenvalue weighted by atomic mass is 16.1. The fraction of sp³-hybridized carbons (Fsp3) is 0.846. The van der Waals surface area contributed by atoms with Gasteiger partial charge in [-0.15, -0.1) is 0 Å². The normalized spacial score (nSPS) is 19.5. The molecule has 0 bridgehead atoms. The van der Waals surface area contributed by atoms with Gasteiger partial charge in [-0.25, -0.2) is 0 Å². The smallest absolute Gasteiger partial charge is 0.139 e. The van der Waals surface area contributed by atoms with Crippen molar-refractivity contribution in [3.05, 3.63) is 0 Å². The van der Waals surface area contributed by atoms with Crippen molar-refractivity contribution in [1.82, 2.24) is 0 Å². The Morgan fingerprint density at radius 3 is 2.13 bits per heavy atom. The molecule has 1 aliphatic rings. The molecule has 0 saturated heterocycles. The third-order valence-corrected chi connectivity index (χ3v) is 3.41. The summed E-state index contributed by atoms with van der Waals surface area (Å²) in [6.45, 7) is 5.46. The predicted octanol–water partition coefficient (Wildman–Crippen LogP) is 3.00. The Morgan fingerprint density at radius 2 is 1.73 bits per heavy atom. The average molecular weight is 210 g/mol. The van der Waals surface area contributed by atoms with Crippen molar-refractivity contribution in [2.24, 2.45) is 17.8 Å². The van der Waals surface area contributed by atoms with Gasteiger partial charge in [-0.3, -0.25) is 4.79 Å². The van der Waals surface area contributed by atoms with Crippen LogP contribution in [-0.2, 0) is 9.59 Å². The first-order valence-corrected chi connectivity index (χ1v) is 6.05. The number of carbonyl (C=O) groups excluding carboxylic acids is 2. The van der Waals surface area contributed by atoms with Gasteiger partial charge in [-0.05, 0) is 25.7 Å². The van der Waals surface area contributed by atoms with E-state index in [-0.39, 0.29) is 23.4 Å². The third kappa shape index (κ3) is 3.44. The average Bonchev–Trinajstić information content (AvgIpc) is 2.65. The van der Waals surface area contributed by atoms with E-state index in [9.17, 15) is 9.59 Å². The highest BCUT2D eigenvalue weighted by Crippen LogP contribution is 2.35. The summed E-state index contributed by atoms with van der Waals surface area (Å²) in [5, 5.41) is 0. The van der Waals surface area contributed by atoms with Crippen molar-refractivity contribution in [1.29, 1.82) is 0 Å². The Balaban J connectivity index is 2.67. The van der Waals surface area contributed by atoms with Crippen molar-refractivity contribution in [3.8, 4) is 0 Å². The van der Waals surface area contributed by atoms with E-state index in [0.717, 1.165) is 12.8 Å². The van der Waals surface area contributed by atoms with E-state index < -0.39 is 0 Å². The lowest BCUT2D eigenvalue weighted by atomic mass is 9.80. The standard InChI is InChI=1S/C13H22O2/c1-9(2)13(15)12(8-10(3)14)11-6-4-5-7-11/h9,11-12H,4-8H2,1-3H3/t12-/m0/s1. The van der Waals surface area contributed by atoms with E-state index in [0.29, 0.717) is 12.3 Å². The molecule has 2 heteroatoms. The lowest BCUT2D eigenvalue weighted by Gasteiger charge is -2.22. The Bertz CT molecular complexity index is 237. The summed E-state index contributed by atoms with van der Waals surface area (Å²) in [5.74, 6) is 0.988. The van der Waals surface area contributed by atoms with Gasteiger partial charge in [-0.2, -0.15) is 0 Å². The lowest BCUT2D eigenvalue weighted by Crippen LogP contribution is -2.27. The van der Waals surface area contributed by atoms with Gasteiger partial charge in [0.05, 0.1) is 0 Å². The fourth-order valence-corrected chi connectivity index (χ4v) is 2.60. The largest absolute Gasteiger partial charge is 0.300 e. The molecule has 15 heavy (non-hydrogen) atoms. The van der Waals surface area contributed by atoms with Crippen LogP contribution in [0.25, 0.3) is 0 Å². The van der Waals surface area contributed by atoms with Crippen LogP contribution in [-0.4, -0.2) is 11.6 Å². The monoisotopic (exact) mass is 210 g/mol. The predicted molar refractivity (Wildman–Crippen MR) is 60.6 cm³/mol. The molecule has 0 spiro atoms. The van der Waals surface area contributed by atoms with Gasteiger partial charge in [0.15, 0.2) is 0 Å². The van der Waals surface area contributed by atoms with E-state index in [1.807, 2.05) is 13.8 Å². The summed E-state index contributed by atoms with van der Waals surface area (Å²) in [6.07, 6.45) is 5.18. The molecule has 1 rings (SSSR count). The van der Waals surface area contributed by atoms with Gasteiger partial charge in [0.1, 0.15) is 11.6 Å². The van der Waals surface area contributed by atoms with Crippen molar-refractivity contribution in [2.45, 2.75) is 52.9 Å². The molecule has 0 heterocycles. The van der Waals surface area contributed by atoms with Crippen LogP contribution in [0.5, 0.6) is 0 Å². The number of Topliss-reactive ketones (excluding diaryl/α,β-unsaturated/α-hetero) is 2. The van der Waals surface area contributed by atoms with Crippen molar-refractivity contribution in [2.75, 3.05) is 0 Å². The van der Waals surface area contributed by atoms with E-state index in [1.165, 1.54) is 12.8 Å². The SMILES string of the molecule is CC(=O)C[C@H](C(=O)C(C)C)C1CCCC1. The molecule has 0 unspecified atom stereocenters. The number of hydrogen-bond donors (Lipinski definition) is 0. The molecular weight excluding hydrogens is 188 g/mol. The second kappa shape index (κ2) is 5.43. The summed E-state index contributed by atoms with van der Waals surface area (Å²) < 4.78 is 0. The Labute approximate surface area is 92.4 Å². The fourth-order valence-electron chi connectivity index (χ4n) is 2.60. The maximum absolute atomic E-state index is 12.0. The summed E-state index contributed by atoms with van der Waals surface area (Å²) in [4.78, 5) is 23.2. The van der Waals surface area contributed by atoms with Crippen LogP contribution in [0.15, 0.2) is 0 Å². The zero-order chi connectivity index (χ0) is 11.4. The Hall–Kier alpha value is -0.660. The molecule has 0 aromatic rings. The minimum atomic E-state index is 0.00463. The molecule has 1 atom stereocenters. The van der Waals surface area contributed by atoms with Crippen LogP contribution >= 0.6 is 0 Å². The van der Waals surface area contributed by atoms with Crippen LogP contribution in [0.4, 0.5) is 0 Å². The van der Waals surface area contributed by atoms with Crippen LogP contribution in [0.2, 0.25) is 0 Å². The lowest BCUT2D eigenvalue weighted by molar-refractivity contribution is -0.131. The minimum Gasteiger partial charge on any atom is -0.300 e. The first-order chi connectivity index (χ1) is 7.02. The molecule has 0 radical (unpaired) electrons. The quantitative estimate of drug-likeness (QED) is 0.699. The van der Waals surface area contributed by atoms with Gasteiger partial charge < -0.3 is 4.79 Å². The van der Waals surface area contributed by atoms with Crippen LogP contribution in [0.1, 0.15) is 52.9 Å². The van der Waals surface area contributed by atoms with E-state index >= 15 is 0 Å². The Kier molecular flexibility index (Phi) is 4.49. The zero-order valence-corrected chi connectivity index (χ0v) is 10.1. The van der Waals surface area contributed by atoms with Crippen molar-refractivity contribution >= 4 is 11.6 Å². The molecule has 2 nitrogen and oxygen atoms in total. The van der Waals surface area contributed by atoms with Crippen molar-refractivity contribution < 1.29 is 9.59 Å². The van der Waals surface area contributed by atoms with E-state index in [2.05, 4.69) is 0 Å². The number of hydrogen-bond acceptors (Lipinski definition) is 2. The molecule has 1 fully saturated rings. The van der Waals surface area contributed by atoms with Gasteiger partial charge in [0.25, 0.3) is 0 Å². The third-order valence-electron chi connectivity index (χ3n) is 3.41. The zero-order valence-electron chi connectivity index (χ0n) is 10.1. The van der Waals surface area contributed by atoms with Gasteiger partial charge in [-0.1, -0.05) is 26.7 Å². The van der Waals surface area contributed by atoms with Crippen LogP contribution < -0.4 is 0 Å². The maximum atomic E-state index is 12.0.